The van der Waals surface area contributed by atoms with E-state index < -0.39 is 16.3 Å². The zero-order valence-electron chi connectivity index (χ0n) is 14.2. The van der Waals surface area contributed by atoms with Crippen LogP contribution in [0.1, 0.15) is 19.4 Å². The minimum absolute atomic E-state index is 0.187. The van der Waals surface area contributed by atoms with Gasteiger partial charge in [0.2, 0.25) is 12.7 Å². The highest BCUT2D eigenvalue weighted by molar-refractivity contribution is 7.87. The lowest BCUT2D eigenvalue weighted by molar-refractivity contribution is -0.123. The Bertz CT molecular complexity index is 703. The average molecular weight is 357 g/mol. The van der Waals surface area contributed by atoms with Crippen LogP contribution >= 0.6 is 0 Å². The van der Waals surface area contributed by atoms with Gasteiger partial charge in [0.25, 0.3) is 10.2 Å². The predicted molar refractivity (Wildman–Crippen MR) is 88.8 cm³/mol. The van der Waals surface area contributed by atoms with E-state index in [9.17, 15) is 13.2 Å². The summed E-state index contributed by atoms with van der Waals surface area (Å²) < 4.78 is 37.9. The van der Waals surface area contributed by atoms with E-state index in [1.807, 2.05) is 6.07 Å². The molecule has 1 aromatic carbocycles. The van der Waals surface area contributed by atoms with Gasteiger partial charge in [-0.1, -0.05) is 19.9 Å². The Labute approximate surface area is 142 Å². The minimum Gasteiger partial charge on any atom is -0.454 e. The van der Waals surface area contributed by atoms with Gasteiger partial charge in [0.1, 0.15) is 6.04 Å². The quantitative estimate of drug-likeness (QED) is 0.739. The van der Waals surface area contributed by atoms with Gasteiger partial charge in [-0.25, -0.2) is 0 Å². The van der Waals surface area contributed by atoms with Gasteiger partial charge in [0.05, 0.1) is 0 Å². The molecule has 1 aromatic rings. The summed E-state index contributed by atoms with van der Waals surface area (Å²) in [6.45, 7) is 4.02. The highest BCUT2D eigenvalue weighted by Gasteiger charge is 2.28. The van der Waals surface area contributed by atoms with Gasteiger partial charge in [0, 0.05) is 20.6 Å². The van der Waals surface area contributed by atoms with Crippen molar-refractivity contribution in [1.82, 2.24) is 14.3 Å². The fraction of sp³-hybridized carbons (Fsp3) is 0.533. The molecule has 0 fully saturated rings. The van der Waals surface area contributed by atoms with E-state index >= 15 is 0 Å². The van der Waals surface area contributed by atoms with Crippen molar-refractivity contribution in [2.75, 3.05) is 20.9 Å². The summed E-state index contributed by atoms with van der Waals surface area (Å²) in [5.41, 5.74) is 0.838. The number of carbonyl (C=O) groups is 1. The van der Waals surface area contributed by atoms with Crippen molar-refractivity contribution >= 4 is 16.1 Å². The molecular formula is C15H23N3O5S. The summed E-state index contributed by atoms with van der Waals surface area (Å²) >= 11 is 0. The maximum absolute atomic E-state index is 12.4. The van der Waals surface area contributed by atoms with Gasteiger partial charge < -0.3 is 14.8 Å². The maximum atomic E-state index is 12.4. The van der Waals surface area contributed by atoms with E-state index in [0.29, 0.717) is 11.5 Å². The van der Waals surface area contributed by atoms with Crippen molar-refractivity contribution in [2.45, 2.75) is 26.4 Å². The normalized spacial score (nSPS) is 14.9. The number of benzene rings is 1. The predicted octanol–water partition coefficient (Wildman–Crippen LogP) is 0.452. The smallest absolute Gasteiger partial charge is 0.279 e. The van der Waals surface area contributed by atoms with Crippen LogP contribution in [0.5, 0.6) is 11.5 Å². The third-order valence-corrected chi connectivity index (χ3v) is 5.12. The molecule has 0 saturated heterocycles. The standard InChI is InChI=1S/C15H23N3O5S/c1-10(2)14(17-24(20,21)18(3)4)15(19)16-8-11-5-6-12-13(7-11)23-9-22-12/h5-7,10,14,17H,8-9H2,1-4H3,(H,16,19)/t14-/m1/s1. The molecule has 0 unspecified atom stereocenters. The molecule has 0 saturated carbocycles. The summed E-state index contributed by atoms with van der Waals surface area (Å²) in [6.07, 6.45) is 0. The molecule has 1 heterocycles. The molecule has 2 N–H and O–H groups in total. The van der Waals surface area contributed by atoms with Crippen molar-refractivity contribution in [3.63, 3.8) is 0 Å². The van der Waals surface area contributed by atoms with E-state index in [2.05, 4.69) is 10.0 Å². The molecule has 1 atom stereocenters. The zero-order chi connectivity index (χ0) is 17.9. The minimum atomic E-state index is -3.69. The summed E-state index contributed by atoms with van der Waals surface area (Å²) in [4.78, 5) is 12.4. The molecule has 134 valence electrons. The van der Waals surface area contributed by atoms with Crippen molar-refractivity contribution in [3.05, 3.63) is 23.8 Å². The fourth-order valence-electron chi connectivity index (χ4n) is 2.11. The molecule has 1 aliphatic heterocycles. The van der Waals surface area contributed by atoms with Crippen LogP contribution in [0, 0.1) is 5.92 Å². The molecule has 0 spiro atoms. The van der Waals surface area contributed by atoms with Crippen LogP contribution in [-0.4, -0.2) is 45.6 Å². The van der Waals surface area contributed by atoms with Gasteiger partial charge in [0.15, 0.2) is 11.5 Å². The lowest BCUT2D eigenvalue weighted by Gasteiger charge is -2.23. The number of hydrogen-bond donors (Lipinski definition) is 2. The zero-order valence-corrected chi connectivity index (χ0v) is 15.0. The third-order valence-electron chi connectivity index (χ3n) is 3.61. The number of nitrogens with zero attached hydrogens (tertiary/aromatic N) is 1. The van der Waals surface area contributed by atoms with Gasteiger partial charge in [-0.2, -0.15) is 17.4 Å². The molecule has 0 aromatic heterocycles. The van der Waals surface area contributed by atoms with Crippen LogP contribution in [0.25, 0.3) is 0 Å². The van der Waals surface area contributed by atoms with Crippen LogP contribution in [0.2, 0.25) is 0 Å². The van der Waals surface area contributed by atoms with Gasteiger partial charge in [-0.05, 0) is 23.6 Å². The van der Waals surface area contributed by atoms with Gasteiger partial charge in [-0.3, -0.25) is 4.79 Å². The first-order chi connectivity index (χ1) is 11.2. The number of rotatable bonds is 7. The Morgan fingerprint density at radius 2 is 1.92 bits per heavy atom. The maximum Gasteiger partial charge on any atom is 0.279 e. The number of fused-ring (bicyclic) bond motifs is 1. The number of amides is 1. The van der Waals surface area contributed by atoms with Crippen LogP contribution in [0.3, 0.4) is 0 Å². The van der Waals surface area contributed by atoms with Crippen molar-refractivity contribution in [3.8, 4) is 11.5 Å². The molecule has 1 amide bonds. The van der Waals surface area contributed by atoms with Crippen LogP contribution in [-0.2, 0) is 21.5 Å². The second-order valence-corrected chi connectivity index (χ2v) is 7.95. The second kappa shape index (κ2) is 7.37. The average Bonchev–Trinajstić information content (AvgIpc) is 2.97. The van der Waals surface area contributed by atoms with E-state index in [1.165, 1.54) is 14.1 Å². The Kier molecular flexibility index (Phi) is 5.68. The van der Waals surface area contributed by atoms with E-state index in [-0.39, 0.29) is 25.2 Å². The van der Waals surface area contributed by atoms with Crippen molar-refractivity contribution in [1.29, 1.82) is 0 Å². The number of ether oxygens (including phenoxy) is 2. The highest BCUT2D eigenvalue weighted by Crippen LogP contribution is 2.32. The number of hydrogen-bond acceptors (Lipinski definition) is 5. The van der Waals surface area contributed by atoms with Crippen molar-refractivity contribution in [2.24, 2.45) is 5.92 Å². The Hall–Kier alpha value is -1.84. The van der Waals surface area contributed by atoms with Gasteiger partial charge in [-0.15, -0.1) is 0 Å². The van der Waals surface area contributed by atoms with E-state index in [0.717, 1.165) is 9.87 Å². The highest BCUT2D eigenvalue weighted by atomic mass is 32.2. The summed E-state index contributed by atoms with van der Waals surface area (Å²) in [5.74, 6) is 0.726. The van der Waals surface area contributed by atoms with Gasteiger partial charge >= 0.3 is 0 Å². The lowest BCUT2D eigenvalue weighted by atomic mass is 10.0. The summed E-state index contributed by atoms with van der Waals surface area (Å²) in [6, 6.07) is 4.53. The van der Waals surface area contributed by atoms with Crippen LogP contribution < -0.4 is 19.5 Å². The van der Waals surface area contributed by atoms with Crippen LogP contribution in [0.4, 0.5) is 0 Å². The molecule has 1 aliphatic rings. The molecule has 0 radical (unpaired) electrons. The summed E-state index contributed by atoms with van der Waals surface area (Å²) in [7, 11) is -0.878. The lowest BCUT2D eigenvalue weighted by Crippen LogP contribution is -2.52. The molecule has 8 nitrogen and oxygen atoms in total. The Morgan fingerprint density at radius 3 is 2.54 bits per heavy atom. The number of nitrogens with one attached hydrogen (secondary N) is 2. The fourth-order valence-corrected chi connectivity index (χ4v) is 3.02. The molecular weight excluding hydrogens is 334 g/mol. The molecule has 9 heteroatoms. The Balaban J connectivity index is 2.00. The first-order valence-electron chi connectivity index (χ1n) is 7.56. The van der Waals surface area contributed by atoms with E-state index in [1.54, 1.807) is 26.0 Å². The molecule has 0 aliphatic carbocycles. The topological polar surface area (TPSA) is 97.0 Å². The monoisotopic (exact) mass is 357 g/mol. The first-order valence-corrected chi connectivity index (χ1v) is 9.00. The molecule has 2 rings (SSSR count). The third kappa shape index (κ3) is 4.37. The first kappa shape index (κ1) is 18.5. The van der Waals surface area contributed by atoms with Crippen molar-refractivity contribution < 1.29 is 22.7 Å². The molecule has 24 heavy (non-hydrogen) atoms. The molecule has 0 bridgehead atoms. The number of carbonyl (C=O) groups excluding carboxylic acids is 1. The Morgan fingerprint density at radius 1 is 1.25 bits per heavy atom. The van der Waals surface area contributed by atoms with Crippen LogP contribution in [0.15, 0.2) is 18.2 Å². The van der Waals surface area contributed by atoms with E-state index in [4.69, 9.17) is 9.47 Å². The summed E-state index contributed by atoms with van der Waals surface area (Å²) in [5, 5.41) is 2.75. The SMILES string of the molecule is CC(C)[C@@H](NS(=O)(=O)N(C)C)C(=O)NCc1ccc2c(c1)OCO2. The largest absolute Gasteiger partial charge is 0.454 e. The second-order valence-electron chi connectivity index (χ2n) is 6.03.